The molecule has 0 bridgehead atoms. The third-order valence-electron chi connectivity index (χ3n) is 4.39. The first-order chi connectivity index (χ1) is 14.1. The fourth-order valence-corrected chi connectivity index (χ4v) is 4.19. The summed E-state index contributed by atoms with van der Waals surface area (Å²) >= 11 is 0. The van der Waals surface area contributed by atoms with Gasteiger partial charge in [-0.2, -0.15) is 0 Å². The number of carbonyl (C=O) groups excluding carboxylic acids is 2. The van der Waals surface area contributed by atoms with Gasteiger partial charge >= 0.3 is 5.97 Å². The quantitative estimate of drug-likeness (QED) is 0.457. The SMILES string of the molecule is CCOc1ccc(S(=O)(=O)NCCC(=O)OCC(=O)c2c(C)cc(C)cc2C)cc1. The third-order valence-corrected chi connectivity index (χ3v) is 5.86. The standard InChI is InChI=1S/C22H27NO6S/c1-5-28-18-6-8-19(9-7-18)30(26,27)23-11-10-21(25)29-14-20(24)22-16(3)12-15(2)13-17(22)4/h6-9,12-13,23H,5,10-11,14H2,1-4H3. The molecule has 0 aliphatic carbocycles. The van der Waals surface area contributed by atoms with E-state index in [0.717, 1.165) is 16.7 Å². The molecule has 2 aromatic carbocycles. The Morgan fingerprint density at radius 2 is 1.60 bits per heavy atom. The lowest BCUT2D eigenvalue weighted by Crippen LogP contribution is -2.27. The number of rotatable bonds is 10. The Hall–Kier alpha value is -2.71. The number of ether oxygens (including phenoxy) is 2. The Morgan fingerprint density at radius 1 is 1.00 bits per heavy atom. The van der Waals surface area contributed by atoms with E-state index in [1.807, 2.05) is 39.8 Å². The number of aryl methyl sites for hydroxylation is 3. The first-order valence-corrected chi connectivity index (χ1v) is 11.1. The molecule has 0 atom stereocenters. The van der Waals surface area contributed by atoms with Crippen LogP contribution in [-0.4, -0.2) is 39.9 Å². The van der Waals surface area contributed by atoms with E-state index in [4.69, 9.17) is 9.47 Å². The van der Waals surface area contributed by atoms with Crippen LogP contribution in [0.3, 0.4) is 0 Å². The van der Waals surface area contributed by atoms with Crippen LogP contribution in [0.2, 0.25) is 0 Å². The van der Waals surface area contributed by atoms with Crippen molar-refractivity contribution in [1.29, 1.82) is 0 Å². The minimum Gasteiger partial charge on any atom is -0.494 e. The lowest BCUT2D eigenvalue weighted by atomic mass is 9.97. The second-order valence-electron chi connectivity index (χ2n) is 6.91. The van der Waals surface area contributed by atoms with Crippen LogP contribution in [0.15, 0.2) is 41.3 Å². The molecule has 0 fully saturated rings. The maximum atomic E-state index is 12.4. The summed E-state index contributed by atoms with van der Waals surface area (Å²) in [5.41, 5.74) is 3.26. The van der Waals surface area contributed by atoms with Crippen molar-refractivity contribution in [3.8, 4) is 5.75 Å². The second kappa shape index (κ2) is 10.4. The average molecular weight is 434 g/mol. The van der Waals surface area contributed by atoms with Crippen molar-refractivity contribution in [1.82, 2.24) is 4.72 Å². The van der Waals surface area contributed by atoms with Crippen LogP contribution >= 0.6 is 0 Å². The van der Waals surface area contributed by atoms with E-state index in [-0.39, 0.29) is 30.3 Å². The van der Waals surface area contributed by atoms with Crippen LogP contribution in [0, 0.1) is 20.8 Å². The lowest BCUT2D eigenvalue weighted by molar-refractivity contribution is -0.142. The molecular formula is C22H27NO6S. The lowest BCUT2D eigenvalue weighted by Gasteiger charge is -2.11. The summed E-state index contributed by atoms with van der Waals surface area (Å²) in [6.07, 6.45) is -0.185. The molecule has 2 rings (SSSR count). The number of hydrogen-bond acceptors (Lipinski definition) is 6. The van der Waals surface area contributed by atoms with Gasteiger partial charge in [0.2, 0.25) is 15.8 Å². The number of hydrogen-bond donors (Lipinski definition) is 1. The maximum Gasteiger partial charge on any atom is 0.307 e. The summed E-state index contributed by atoms with van der Waals surface area (Å²) in [5.74, 6) is -0.364. The van der Waals surface area contributed by atoms with Crippen molar-refractivity contribution >= 4 is 21.8 Å². The van der Waals surface area contributed by atoms with Gasteiger partial charge in [-0.15, -0.1) is 0 Å². The number of Topliss-reactive ketones (excluding diaryl/α,β-unsaturated/α-hetero) is 1. The summed E-state index contributed by atoms with van der Waals surface area (Å²) < 4.78 is 37.2. The minimum atomic E-state index is -3.76. The number of carbonyl (C=O) groups is 2. The summed E-state index contributed by atoms with van der Waals surface area (Å²) in [6.45, 7) is 7.43. The van der Waals surface area contributed by atoms with Crippen molar-refractivity contribution < 1.29 is 27.5 Å². The first kappa shape index (κ1) is 23.6. The molecule has 0 saturated carbocycles. The van der Waals surface area contributed by atoms with Crippen molar-refractivity contribution in [2.24, 2.45) is 0 Å². The van der Waals surface area contributed by atoms with E-state index in [1.54, 1.807) is 12.1 Å². The van der Waals surface area contributed by atoms with Gasteiger partial charge in [-0.1, -0.05) is 17.7 Å². The first-order valence-electron chi connectivity index (χ1n) is 9.63. The van der Waals surface area contributed by atoms with Crippen LogP contribution in [0.25, 0.3) is 0 Å². The molecule has 0 amide bonds. The van der Waals surface area contributed by atoms with E-state index in [0.29, 0.717) is 17.9 Å². The summed E-state index contributed by atoms with van der Waals surface area (Å²) in [5, 5.41) is 0. The summed E-state index contributed by atoms with van der Waals surface area (Å²) in [4.78, 5) is 24.4. The minimum absolute atomic E-state index is 0.0693. The van der Waals surface area contributed by atoms with Crippen LogP contribution in [0.1, 0.15) is 40.4 Å². The van der Waals surface area contributed by atoms with E-state index in [1.165, 1.54) is 12.1 Å². The summed E-state index contributed by atoms with van der Waals surface area (Å²) in [6, 6.07) is 9.78. The Kier molecular flexibility index (Phi) is 8.14. The van der Waals surface area contributed by atoms with Crippen LogP contribution in [0.5, 0.6) is 5.75 Å². The Balaban J connectivity index is 1.84. The molecular weight excluding hydrogens is 406 g/mol. The highest BCUT2D eigenvalue weighted by molar-refractivity contribution is 7.89. The molecule has 7 nitrogen and oxygen atoms in total. The molecule has 2 aromatic rings. The maximum absolute atomic E-state index is 12.4. The average Bonchev–Trinajstić information content (AvgIpc) is 2.66. The van der Waals surface area contributed by atoms with Gasteiger partial charge in [0.1, 0.15) is 5.75 Å². The summed E-state index contributed by atoms with van der Waals surface area (Å²) in [7, 11) is -3.76. The number of esters is 1. The van der Waals surface area contributed by atoms with Gasteiger partial charge in [0.25, 0.3) is 0 Å². The zero-order valence-electron chi connectivity index (χ0n) is 17.7. The zero-order valence-corrected chi connectivity index (χ0v) is 18.5. The molecule has 0 radical (unpaired) electrons. The second-order valence-corrected chi connectivity index (χ2v) is 8.68. The molecule has 0 aliphatic heterocycles. The van der Waals surface area contributed by atoms with Crippen LogP contribution < -0.4 is 9.46 Å². The normalized spacial score (nSPS) is 11.2. The molecule has 0 spiro atoms. The van der Waals surface area contributed by atoms with Gasteiger partial charge in [0, 0.05) is 12.1 Å². The monoisotopic (exact) mass is 433 g/mol. The number of nitrogens with one attached hydrogen (secondary N) is 1. The molecule has 162 valence electrons. The van der Waals surface area contributed by atoms with E-state index < -0.39 is 16.0 Å². The van der Waals surface area contributed by atoms with Gasteiger partial charge in [0.15, 0.2) is 6.61 Å². The Labute approximate surface area is 177 Å². The van der Waals surface area contributed by atoms with Gasteiger partial charge in [0.05, 0.1) is 17.9 Å². The highest BCUT2D eigenvalue weighted by Gasteiger charge is 2.17. The predicted octanol–water partition coefficient (Wildman–Crippen LogP) is 3.11. The Morgan fingerprint density at radius 3 is 2.17 bits per heavy atom. The Bertz CT molecular complexity index is 989. The largest absolute Gasteiger partial charge is 0.494 e. The molecule has 0 aliphatic rings. The van der Waals surface area contributed by atoms with Gasteiger partial charge in [-0.3, -0.25) is 9.59 Å². The van der Waals surface area contributed by atoms with E-state index in [2.05, 4.69) is 4.72 Å². The molecule has 0 heterocycles. The molecule has 0 aromatic heterocycles. The number of benzene rings is 2. The fraction of sp³-hybridized carbons (Fsp3) is 0.364. The van der Waals surface area contributed by atoms with Crippen molar-refractivity contribution in [3.05, 3.63) is 58.7 Å². The topological polar surface area (TPSA) is 98.8 Å². The van der Waals surface area contributed by atoms with Gasteiger partial charge in [-0.05, 0) is 63.1 Å². The van der Waals surface area contributed by atoms with Crippen LogP contribution in [-0.2, 0) is 19.6 Å². The third kappa shape index (κ3) is 6.40. The predicted molar refractivity (Wildman–Crippen MR) is 113 cm³/mol. The molecule has 1 N–H and O–H groups in total. The molecule has 30 heavy (non-hydrogen) atoms. The van der Waals surface area contributed by atoms with Crippen molar-refractivity contribution in [2.45, 2.75) is 39.0 Å². The highest BCUT2D eigenvalue weighted by atomic mass is 32.2. The number of sulfonamides is 1. The van der Waals surface area contributed by atoms with Crippen LogP contribution in [0.4, 0.5) is 0 Å². The zero-order chi connectivity index (χ0) is 22.3. The highest BCUT2D eigenvalue weighted by Crippen LogP contribution is 2.17. The molecule has 8 heteroatoms. The molecule has 0 unspecified atom stereocenters. The number of ketones is 1. The van der Waals surface area contributed by atoms with Gasteiger partial charge in [-0.25, -0.2) is 13.1 Å². The van der Waals surface area contributed by atoms with Gasteiger partial charge < -0.3 is 9.47 Å². The van der Waals surface area contributed by atoms with Crippen molar-refractivity contribution in [3.63, 3.8) is 0 Å². The van der Waals surface area contributed by atoms with Crippen molar-refractivity contribution in [2.75, 3.05) is 19.8 Å². The fourth-order valence-electron chi connectivity index (χ4n) is 3.16. The smallest absolute Gasteiger partial charge is 0.307 e. The van der Waals surface area contributed by atoms with E-state index >= 15 is 0 Å². The molecule has 0 saturated heterocycles. The van der Waals surface area contributed by atoms with E-state index in [9.17, 15) is 18.0 Å².